The molecule has 6 nitrogen and oxygen atoms in total. The van der Waals surface area contributed by atoms with Gasteiger partial charge in [0.2, 0.25) is 5.91 Å². The first-order valence-corrected chi connectivity index (χ1v) is 6.22. The normalized spacial score (nSPS) is 11.9. The van der Waals surface area contributed by atoms with Crippen molar-refractivity contribution < 1.29 is 9.72 Å². The van der Waals surface area contributed by atoms with Crippen molar-refractivity contribution in [2.75, 3.05) is 18.4 Å². The molecule has 0 bridgehead atoms. The Bertz CT molecular complexity index is 474. The summed E-state index contributed by atoms with van der Waals surface area (Å²) in [6.45, 7) is 6.88. The van der Waals surface area contributed by atoms with Crippen LogP contribution in [0.4, 0.5) is 11.4 Å². The zero-order chi connectivity index (χ0) is 14.4. The molecule has 0 saturated carbocycles. The molecule has 0 aliphatic heterocycles. The number of carbonyl (C=O) groups excluding carboxylic acids is 1. The van der Waals surface area contributed by atoms with Gasteiger partial charge in [-0.15, -0.1) is 0 Å². The average molecular weight is 265 g/mol. The van der Waals surface area contributed by atoms with Gasteiger partial charge in [-0.3, -0.25) is 14.9 Å². The molecule has 104 valence electrons. The van der Waals surface area contributed by atoms with Gasteiger partial charge in [-0.1, -0.05) is 19.9 Å². The zero-order valence-electron chi connectivity index (χ0n) is 11.4. The highest BCUT2D eigenvalue weighted by Crippen LogP contribution is 2.25. The number of amides is 1. The second kappa shape index (κ2) is 6.84. The molecule has 0 fully saturated rings. The molecule has 19 heavy (non-hydrogen) atoms. The van der Waals surface area contributed by atoms with Gasteiger partial charge < -0.3 is 10.6 Å². The van der Waals surface area contributed by atoms with Crippen LogP contribution in [0, 0.1) is 23.0 Å². The lowest BCUT2D eigenvalue weighted by Crippen LogP contribution is -2.30. The van der Waals surface area contributed by atoms with E-state index in [0.717, 1.165) is 12.1 Å². The van der Waals surface area contributed by atoms with Crippen molar-refractivity contribution in [1.29, 1.82) is 0 Å². The van der Waals surface area contributed by atoms with Crippen LogP contribution in [0.2, 0.25) is 0 Å². The Labute approximate surface area is 112 Å². The summed E-state index contributed by atoms with van der Waals surface area (Å²) in [5, 5.41) is 16.6. The van der Waals surface area contributed by atoms with Crippen molar-refractivity contribution in [3.8, 4) is 0 Å². The Kier molecular flexibility index (Phi) is 5.44. The van der Waals surface area contributed by atoms with Crippen molar-refractivity contribution >= 4 is 17.3 Å². The molecule has 0 heterocycles. The molecular weight excluding hydrogens is 246 g/mol. The molecule has 1 atom stereocenters. The molecule has 0 aromatic heterocycles. The molecule has 1 amide bonds. The van der Waals surface area contributed by atoms with Crippen LogP contribution in [0.3, 0.4) is 0 Å². The fraction of sp³-hybridized carbons (Fsp3) is 0.462. The molecule has 1 aromatic rings. The molecular formula is C13H19N3O3. The van der Waals surface area contributed by atoms with Gasteiger partial charge in [0.15, 0.2) is 0 Å². The monoisotopic (exact) mass is 265 g/mol. The largest absolute Gasteiger partial charge is 0.320 e. The fourth-order valence-corrected chi connectivity index (χ4v) is 1.62. The van der Waals surface area contributed by atoms with Crippen LogP contribution in [0.25, 0.3) is 0 Å². The van der Waals surface area contributed by atoms with Crippen molar-refractivity contribution in [2.24, 2.45) is 5.92 Å². The molecule has 6 heteroatoms. The van der Waals surface area contributed by atoms with Crippen molar-refractivity contribution in [3.63, 3.8) is 0 Å². The molecule has 0 aliphatic carbocycles. The number of carbonyl (C=O) groups is 1. The summed E-state index contributed by atoms with van der Waals surface area (Å²) < 4.78 is 0. The van der Waals surface area contributed by atoms with Crippen LogP contribution in [0.15, 0.2) is 18.2 Å². The topological polar surface area (TPSA) is 84.3 Å². The predicted molar refractivity (Wildman–Crippen MR) is 74.2 cm³/mol. The Morgan fingerprint density at radius 3 is 2.74 bits per heavy atom. The lowest BCUT2D eigenvalue weighted by Gasteiger charge is -2.12. The van der Waals surface area contributed by atoms with Gasteiger partial charge in [-0.25, -0.2) is 0 Å². The van der Waals surface area contributed by atoms with Gasteiger partial charge in [-0.2, -0.15) is 0 Å². The summed E-state index contributed by atoms with van der Waals surface area (Å²) in [6, 6.07) is 4.66. The van der Waals surface area contributed by atoms with E-state index < -0.39 is 4.92 Å². The maximum absolute atomic E-state index is 11.9. The second-order valence-corrected chi connectivity index (χ2v) is 4.48. The molecule has 1 rings (SSSR count). The van der Waals surface area contributed by atoms with E-state index in [2.05, 4.69) is 10.6 Å². The van der Waals surface area contributed by atoms with Crippen LogP contribution in [0.5, 0.6) is 0 Å². The van der Waals surface area contributed by atoms with E-state index >= 15 is 0 Å². The minimum absolute atomic E-state index is 0.0883. The van der Waals surface area contributed by atoms with Crippen LogP contribution < -0.4 is 10.6 Å². The quantitative estimate of drug-likeness (QED) is 0.609. The average Bonchev–Trinajstić information content (AvgIpc) is 2.35. The van der Waals surface area contributed by atoms with Crippen LogP contribution >= 0.6 is 0 Å². The highest BCUT2D eigenvalue weighted by Gasteiger charge is 2.18. The SMILES string of the molecule is CCNCC(C)C(=O)Nc1cc(C)ccc1[N+](=O)[O-]. The van der Waals surface area contributed by atoms with E-state index in [1.807, 2.05) is 13.8 Å². The number of anilines is 1. The smallest absolute Gasteiger partial charge is 0.292 e. The number of nitrogens with one attached hydrogen (secondary N) is 2. The molecule has 0 aliphatic rings. The second-order valence-electron chi connectivity index (χ2n) is 4.48. The maximum atomic E-state index is 11.9. The first-order valence-electron chi connectivity index (χ1n) is 6.22. The van der Waals surface area contributed by atoms with E-state index in [1.54, 1.807) is 19.1 Å². The van der Waals surface area contributed by atoms with Crippen LogP contribution in [0.1, 0.15) is 19.4 Å². The highest BCUT2D eigenvalue weighted by molar-refractivity contribution is 5.94. The Morgan fingerprint density at radius 2 is 2.16 bits per heavy atom. The third-order valence-electron chi connectivity index (χ3n) is 2.75. The first-order chi connectivity index (χ1) is 8.95. The number of rotatable bonds is 6. The van der Waals surface area contributed by atoms with E-state index in [-0.39, 0.29) is 23.2 Å². The van der Waals surface area contributed by atoms with Crippen molar-refractivity contribution in [3.05, 3.63) is 33.9 Å². The zero-order valence-corrected chi connectivity index (χ0v) is 11.4. The number of nitro benzene ring substituents is 1. The summed E-state index contributed by atoms with van der Waals surface area (Å²) in [5.41, 5.74) is 1.02. The summed E-state index contributed by atoms with van der Waals surface area (Å²) in [5.74, 6) is -0.477. The van der Waals surface area contributed by atoms with E-state index in [9.17, 15) is 14.9 Å². The molecule has 1 aromatic carbocycles. The van der Waals surface area contributed by atoms with Gasteiger partial charge in [0.05, 0.1) is 4.92 Å². The van der Waals surface area contributed by atoms with E-state index in [1.165, 1.54) is 6.07 Å². The summed E-state index contributed by atoms with van der Waals surface area (Å²) in [7, 11) is 0. The summed E-state index contributed by atoms with van der Waals surface area (Å²) in [4.78, 5) is 22.3. The van der Waals surface area contributed by atoms with Gasteiger partial charge >= 0.3 is 0 Å². The van der Waals surface area contributed by atoms with Crippen molar-refractivity contribution in [2.45, 2.75) is 20.8 Å². The third kappa shape index (κ3) is 4.33. The number of hydrogen-bond acceptors (Lipinski definition) is 4. The Hall–Kier alpha value is -1.95. The standard InChI is InChI=1S/C13H19N3O3/c1-4-14-8-10(3)13(17)15-11-7-9(2)5-6-12(11)16(18)19/h5-7,10,14H,4,8H2,1-3H3,(H,15,17). The lowest BCUT2D eigenvalue weighted by atomic mass is 10.1. The summed E-state index contributed by atoms with van der Waals surface area (Å²) in [6.07, 6.45) is 0. The number of hydrogen-bond donors (Lipinski definition) is 2. The predicted octanol–water partition coefficient (Wildman–Crippen LogP) is 2.09. The van der Waals surface area contributed by atoms with Gasteiger partial charge in [-0.05, 0) is 25.1 Å². The first kappa shape index (κ1) is 15.1. The van der Waals surface area contributed by atoms with Gasteiger partial charge in [0, 0.05) is 18.5 Å². The number of aryl methyl sites for hydroxylation is 1. The molecule has 0 radical (unpaired) electrons. The van der Waals surface area contributed by atoms with Gasteiger partial charge in [0.25, 0.3) is 5.69 Å². The fourth-order valence-electron chi connectivity index (χ4n) is 1.62. The Morgan fingerprint density at radius 1 is 1.47 bits per heavy atom. The number of nitro groups is 1. The van der Waals surface area contributed by atoms with Crippen LogP contribution in [-0.4, -0.2) is 23.9 Å². The van der Waals surface area contributed by atoms with Crippen LogP contribution in [-0.2, 0) is 4.79 Å². The maximum Gasteiger partial charge on any atom is 0.292 e. The molecule has 0 saturated heterocycles. The molecule has 0 spiro atoms. The minimum atomic E-state index is -0.496. The van der Waals surface area contributed by atoms with E-state index in [0.29, 0.717) is 6.54 Å². The number of benzene rings is 1. The van der Waals surface area contributed by atoms with E-state index in [4.69, 9.17) is 0 Å². The molecule has 1 unspecified atom stereocenters. The minimum Gasteiger partial charge on any atom is -0.320 e. The Balaban J connectivity index is 2.83. The molecule has 2 N–H and O–H groups in total. The summed E-state index contributed by atoms with van der Waals surface area (Å²) >= 11 is 0. The van der Waals surface area contributed by atoms with Gasteiger partial charge in [0.1, 0.15) is 5.69 Å². The third-order valence-corrected chi connectivity index (χ3v) is 2.75. The lowest BCUT2D eigenvalue weighted by molar-refractivity contribution is -0.383. The van der Waals surface area contributed by atoms with Crippen molar-refractivity contribution in [1.82, 2.24) is 5.32 Å². The number of nitrogens with zero attached hydrogens (tertiary/aromatic N) is 1. The highest BCUT2D eigenvalue weighted by atomic mass is 16.6.